The summed E-state index contributed by atoms with van der Waals surface area (Å²) in [5.74, 6) is 0.829. The number of fused-ring (bicyclic) bond motifs is 3. The van der Waals surface area contributed by atoms with Crippen molar-refractivity contribution in [2.75, 3.05) is 6.54 Å². The summed E-state index contributed by atoms with van der Waals surface area (Å²) in [6, 6.07) is 14.6. The second kappa shape index (κ2) is 10.2. The van der Waals surface area contributed by atoms with Crippen LogP contribution in [0, 0.1) is 12.8 Å². The van der Waals surface area contributed by atoms with Crippen LogP contribution in [0.4, 0.5) is 0 Å². The van der Waals surface area contributed by atoms with E-state index in [1.807, 2.05) is 18.2 Å². The normalized spacial score (nSPS) is 22.1. The van der Waals surface area contributed by atoms with E-state index in [-0.39, 0.29) is 11.6 Å². The first kappa shape index (κ1) is 24.7. The molecule has 0 spiro atoms. The molecule has 0 amide bonds. The highest BCUT2D eigenvalue weighted by molar-refractivity contribution is 9.10. The zero-order valence-electron chi connectivity index (χ0n) is 20.4. The topological polar surface area (TPSA) is 42.3 Å². The monoisotopic (exact) mass is 554 g/mol. The van der Waals surface area contributed by atoms with E-state index in [0.29, 0.717) is 29.4 Å². The molecule has 5 rings (SSSR count). The number of aromatic nitrogens is 1. The number of carbonyl (C=O) groups excluding carboxylic acids is 2. The number of aryl methyl sites for hydroxylation is 1. The number of benzene rings is 2. The molecule has 2 aliphatic heterocycles. The molecule has 0 saturated carbocycles. The first-order chi connectivity index (χ1) is 16.8. The molecular formula is C29H32BrClN2O2. The molecule has 0 aliphatic carbocycles. The van der Waals surface area contributed by atoms with Gasteiger partial charge < -0.3 is 4.57 Å². The van der Waals surface area contributed by atoms with E-state index >= 15 is 0 Å². The lowest BCUT2D eigenvalue weighted by molar-refractivity contribution is 0.0807. The van der Waals surface area contributed by atoms with Crippen LogP contribution in [0.2, 0.25) is 5.02 Å². The van der Waals surface area contributed by atoms with Crippen LogP contribution in [-0.2, 0) is 6.54 Å². The third kappa shape index (κ3) is 4.87. The van der Waals surface area contributed by atoms with Gasteiger partial charge in [0.05, 0.1) is 5.52 Å². The largest absolute Gasteiger partial charge is 0.343 e. The average Bonchev–Trinajstić information content (AvgIpc) is 3.23. The lowest BCUT2D eigenvalue weighted by atomic mass is 9.85. The molecule has 1 aromatic heterocycles. The van der Waals surface area contributed by atoms with E-state index in [1.165, 1.54) is 12.8 Å². The number of hydrogen-bond acceptors (Lipinski definition) is 3. The third-order valence-electron chi connectivity index (χ3n) is 8.07. The summed E-state index contributed by atoms with van der Waals surface area (Å²) in [6.07, 6.45) is 6.38. The number of carbonyl (C=O) groups is 2. The summed E-state index contributed by atoms with van der Waals surface area (Å²) in [6.45, 7) is 5.68. The highest BCUT2D eigenvalue weighted by Crippen LogP contribution is 2.40. The summed E-state index contributed by atoms with van der Waals surface area (Å²) >= 11 is 9.69. The van der Waals surface area contributed by atoms with Gasteiger partial charge in [0, 0.05) is 63.3 Å². The number of ketones is 2. The third-order valence-corrected chi connectivity index (χ3v) is 8.96. The van der Waals surface area contributed by atoms with E-state index in [2.05, 4.69) is 44.5 Å². The van der Waals surface area contributed by atoms with Crippen molar-refractivity contribution in [3.8, 4) is 0 Å². The molecule has 2 saturated heterocycles. The summed E-state index contributed by atoms with van der Waals surface area (Å²) in [7, 11) is 0. The Labute approximate surface area is 220 Å². The zero-order chi connectivity index (χ0) is 24.7. The van der Waals surface area contributed by atoms with Gasteiger partial charge in [-0.3, -0.25) is 14.5 Å². The van der Waals surface area contributed by atoms with Gasteiger partial charge >= 0.3 is 0 Å². The minimum absolute atomic E-state index is 0.123. The van der Waals surface area contributed by atoms with E-state index in [0.717, 1.165) is 64.5 Å². The van der Waals surface area contributed by atoms with Crippen LogP contribution in [0.5, 0.6) is 0 Å². The molecule has 3 aromatic rings. The van der Waals surface area contributed by atoms with Crippen LogP contribution in [0.25, 0.3) is 10.9 Å². The van der Waals surface area contributed by atoms with Gasteiger partial charge in [-0.2, -0.15) is 0 Å². The Hall–Kier alpha value is -1.95. The number of hydrogen-bond donors (Lipinski definition) is 0. The Morgan fingerprint density at radius 3 is 2.37 bits per heavy atom. The Bertz CT molecular complexity index is 1250. The fraction of sp³-hybridized carbons (Fsp3) is 0.448. The van der Waals surface area contributed by atoms with Crippen molar-refractivity contribution >= 4 is 50.0 Å². The maximum absolute atomic E-state index is 12.8. The molecule has 2 atom stereocenters. The van der Waals surface area contributed by atoms with Crippen molar-refractivity contribution in [1.82, 2.24) is 9.47 Å². The quantitative estimate of drug-likeness (QED) is 0.271. The van der Waals surface area contributed by atoms with Crippen LogP contribution < -0.4 is 0 Å². The maximum Gasteiger partial charge on any atom is 0.163 e. The van der Waals surface area contributed by atoms with Gasteiger partial charge in [-0.05, 0) is 98.1 Å². The first-order valence-electron chi connectivity index (χ1n) is 12.7. The predicted molar refractivity (Wildman–Crippen MR) is 146 cm³/mol. The Balaban J connectivity index is 1.22. The maximum atomic E-state index is 12.8. The smallest absolute Gasteiger partial charge is 0.163 e. The minimum atomic E-state index is 0.123. The standard InChI is InChI=1S/C29H32BrClN2O2/c1-18-28(19(2)34)25-5-3-6-26(30)29(25)32(18)13-4-14-33-23-11-12-24(33)16-20(15-23)17-27(35)21-7-9-22(31)10-8-21/h3,5-10,20,23-24H,4,11-17H2,1-2H3. The second-order valence-electron chi connectivity index (χ2n) is 10.3. The minimum Gasteiger partial charge on any atom is -0.343 e. The van der Waals surface area contributed by atoms with Crippen molar-refractivity contribution in [3.63, 3.8) is 0 Å². The Morgan fingerprint density at radius 1 is 1.03 bits per heavy atom. The van der Waals surface area contributed by atoms with Gasteiger partial charge in [0.1, 0.15) is 0 Å². The molecule has 0 N–H and O–H groups in total. The van der Waals surface area contributed by atoms with E-state index in [4.69, 9.17) is 11.6 Å². The van der Waals surface area contributed by atoms with Gasteiger partial charge in [0.15, 0.2) is 11.6 Å². The van der Waals surface area contributed by atoms with Crippen LogP contribution in [-0.4, -0.2) is 39.7 Å². The Kier molecular flexibility index (Phi) is 7.20. The number of para-hydroxylation sites is 1. The van der Waals surface area contributed by atoms with Gasteiger partial charge in [-0.25, -0.2) is 0 Å². The van der Waals surface area contributed by atoms with Crippen LogP contribution in [0.3, 0.4) is 0 Å². The van der Waals surface area contributed by atoms with Crippen molar-refractivity contribution in [2.45, 2.75) is 71.0 Å². The number of piperidine rings is 1. The molecule has 35 heavy (non-hydrogen) atoms. The Morgan fingerprint density at radius 2 is 1.71 bits per heavy atom. The number of nitrogens with zero attached hydrogens (tertiary/aromatic N) is 2. The molecule has 3 heterocycles. The van der Waals surface area contributed by atoms with Crippen LogP contribution >= 0.6 is 27.5 Å². The van der Waals surface area contributed by atoms with Crippen LogP contribution in [0.1, 0.15) is 71.9 Å². The molecule has 184 valence electrons. The van der Waals surface area contributed by atoms with Crippen molar-refractivity contribution in [2.24, 2.45) is 5.92 Å². The van der Waals surface area contributed by atoms with Crippen molar-refractivity contribution in [1.29, 1.82) is 0 Å². The van der Waals surface area contributed by atoms with E-state index in [9.17, 15) is 9.59 Å². The van der Waals surface area contributed by atoms with E-state index < -0.39 is 0 Å². The molecular weight excluding hydrogens is 524 g/mol. The number of halogens is 2. The predicted octanol–water partition coefficient (Wildman–Crippen LogP) is 7.47. The van der Waals surface area contributed by atoms with Gasteiger partial charge in [-0.1, -0.05) is 23.7 Å². The molecule has 6 heteroatoms. The van der Waals surface area contributed by atoms with Crippen molar-refractivity contribution in [3.05, 3.63) is 68.8 Å². The lowest BCUT2D eigenvalue weighted by Crippen LogP contribution is -2.43. The van der Waals surface area contributed by atoms with Gasteiger partial charge in [0.2, 0.25) is 0 Å². The molecule has 4 nitrogen and oxygen atoms in total. The molecule has 2 aliphatic rings. The summed E-state index contributed by atoms with van der Waals surface area (Å²) in [5, 5.41) is 1.71. The lowest BCUT2D eigenvalue weighted by Gasteiger charge is -2.39. The fourth-order valence-corrected chi connectivity index (χ4v) is 7.26. The average molecular weight is 556 g/mol. The SMILES string of the molecule is CC(=O)c1c(C)n(CCCN2C3CCC2CC(CC(=O)c2ccc(Cl)cc2)C3)c2c(Br)cccc12. The highest BCUT2D eigenvalue weighted by atomic mass is 79.9. The molecule has 2 unspecified atom stereocenters. The second-order valence-corrected chi connectivity index (χ2v) is 11.5. The number of Topliss-reactive ketones (excluding diaryl/α,β-unsaturated/α-hetero) is 2. The van der Waals surface area contributed by atoms with Gasteiger partial charge in [0.25, 0.3) is 0 Å². The molecule has 2 bridgehead atoms. The zero-order valence-corrected chi connectivity index (χ0v) is 22.7. The van der Waals surface area contributed by atoms with Gasteiger partial charge in [-0.15, -0.1) is 0 Å². The molecule has 2 fully saturated rings. The molecule has 0 radical (unpaired) electrons. The summed E-state index contributed by atoms with van der Waals surface area (Å²) < 4.78 is 3.35. The number of rotatable bonds is 8. The van der Waals surface area contributed by atoms with E-state index in [1.54, 1.807) is 19.1 Å². The van der Waals surface area contributed by atoms with Crippen LogP contribution in [0.15, 0.2) is 46.9 Å². The molecule has 2 aromatic carbocycles. The highest BCUT2D eigenvalue weighted by Gasteiger charge is 2.40. The van der Waals surface area contributed by atoms with Crippen molar-refractivity contribution < 1.29 is 9.59 Å². The summed E-state index contributed by atoms with van der Waals surface area (Å²) in [5.41, 5.74) is 3.79. The fourth-order valence-electron chi connectivity index (χ4n) is 6.56. The summed E-state index contributed by atoms with van der Waals surface area (Å²) in [4.78, 5) is 27.9. The first-order valence-corrected chi connectivity index (χ1v) is 13.8.